The van der Waals surface area contributed by atoms with E-state index in [2.05, 4.69) is 27.2 Å². The highest BCUT2D eigenvalue weighted by Gasteiger charge is 2.15. The molecular weight excluding hydrogens is 458 g/mol. The minimum atomic E-state index is -0.332. The average molecular weight is 482 g/mol. The van der Waals surface area contributed by atoms with Gasteiger partial charge in [0.1, 0.15) is 5.75 Å². The molecule has 5 nitrogen and oxygen atoms in total. The quantitative estimate of drug-likeness (QED) is 0.220. The van der Waals surface area contributed by atoms with E-state index in [-0.39, 0.29) is 5.91 Å². The lowest BCUT2D eigenvalue weighted by Gasteiger charge is -2.10. The largest absolute Gasteiger partial charge is 0.496 e. The zero-order valence-corrected chi connectivity index (χ0v) is 20.2. The molecule has 0 bridgehead atoms. The van der Waals surface area contributed by atoms with E-state index in [1.807, 2.05) is 79.7 Å². The van der Waals surface area contributed by atoms with Crippen LogP contribution in [0.25, 0.3) is 21.7 Å². The summed E-state index contributed by atoms with van der Waals surface area (Å²) in [5, 5.41) is 8.05. The number of aromatic nitrogens is 1. The Morgan fingerprint density at radius 1 is 1.00 bits per heavy atom. The van der Waals surface area contributed by atoms with E-state index in [0.29, 0.717) is 17.9 Å². The second kappa shape index (κ2) is 9.65. The van der Waals surface area contributed by atoms with Crippen LogP contribution < -0.4 is 10.2 Å². The summed E-state index contributed by atoms with van der Waals surface area (Å²) in [6.07, 6.45) is 1.70. The maximum atomic E-state index is 13.0. The summed E-state index contributed by atoms with van der Waals surface area (Å²) in [5.41, 5.74) is 7.19. The van der Waals surface area contributed by atoms with Gasteiger partial charge in [-0.15, -0.1) is 0 Å². The van der Waals surface area contributed by atoms with Crippen molar-refractivity contribution in [3.8, 4) is 5.75 Å². The minimum Gasteiger partial charge on any atom is -0.496 e. The molecule has 6 heteroatoms. The summed E-state index contributed by atoms with van der Waals surface area (Å²) in [4.78, 5) is 13.0. The molecule has 0 fully saturated rings. The fraction of sp³-hybridized carbons (Fsp3) is 0.103. The first-order valence-electron chi connectivity index (χ1n) is 11.3. The van der Waals surface area contributed by atoms with E-state index in [1.54, 1.807) is 13.3 Å². The van der Waals surface area contributed by atoms with Gasteiger partial charge < -0.3 is 9.30 Å². The van der Waals surface area contributed by atoms with Crippen molar-refractivity contribution >= 4 is 45.4 Å². The average Bonchev–Trinajstić information content (AvgIpc) is 3.15. The van der Waals surface area contributed by atoms with Crippen molar-refractivity contribution in [3.05, 3.63) is 112 Å². The molecule has 0 aliphatic heterocycles. The van der Waals surface area contributed by atoms with Crippen LogP contribution in [0, 0.1) is 6.92 Å². The molecular formula is C29H24ClN3O2. The fourth-order valence-corrected chi connectivity index (χ4v) is 4.60. The molecule has 0 radical (unpaired) electrons. The molecule has 1 heterocycles. The number of amides is 1. The van der Waals surface area contributed by atoms with Crippen LogP contribution in [0.5, 0.6) is 5.75 Å². The Kier molecular flexibility index (Phi) is 6.25. The maximum Gasteiger partial charge on any atom is 0.275 e. The van der Waals surface area contributed by atoms with E-state index in [0.717, 1.165) is 43.5 Å². The first kappa shape index (κ1) is 22.7. The van der Waals surface area contributed by atoms with Gasteiger partial charge in [0.2, 0.25) is 0 Å². The third kappa shape index (κ3) is 4.38. The summed E-state index contributed by atoms with van der Waals surface area (Å²) in [6.45, 7) is 2.69. The number of ether oxygens (including phenoxy) is 1. The number of para-hydroxylation sites is 1. The number of halogens is 1. The minimum absolute atomic E-state index is 0.332. The van der Waals surface area contributed by atoms with Gasteiger partial charge in [-0.1, -0.05) is 72.3 Å². The van der Waals surface area contributed by atoms with E-state index in [1.165, 1.54) is 0 Å². The molecule has 0 unspecified atom stereocenters. The molecule has 35 heavy (non-hydrogen) atoms. The predicted octanol–water partition coefficient (Wildman–Crippen LogP) is 6.58. The van der Waals surface area contributed by atoms with E-state index >= 15 is 0 Å². The Hall–Kier alpha value is -4.09. The van der Waals surface area contributed by atoms with Crippen LogP contribution in [-0.4, -0.2) is 23.8 Å². The number of carbonyl (C=O) groups excluding carboxylic acids is 1. The number of hydrogen-bond donors (Lipinski definition) is 1. The Labute approximate surface area is 208 Å². The summed E-state index contributed by atoms with van der Waals surface area (Å²) >= 11 is 6.42. The second-order valence-electron chi connectivity index (χ2n) is 8.29. The Balaban J connectivity index is 1.45. The smallest absolute Gasteiger partial charge is 0.275 e. The lowest BCUT2D eigenvalue weighted by atomic mass is 10.1. The van der Waals surface area contributed by atoms with Crippen molar-refractivity contribution in [3.63, 3.8) is 0 Å². The Morgan fingerprint density at radius 2 is 1.69 bits per heavy atom. The number of nitrogens with zero attached hydrogens (tertiary/aromatic N) is 2. The van der Waals surface area contributed by atoms with Crippen LogP contribution in [0.3, 0.4) is 0 Å². The topological polar surface area (TPSA) is 55.6 Å². The van der Waals surface area contributed by atoms with Crippen molar-refractivity contribution in [2.75, 3.05) is 7.11 Å². The normalized spacial score (nSPS) is 11.4. The van der Waals surface area contributed by atoms with Crippen LogP contribution >= 0.6 is 11.6 Å². The number of hydrogen-bond acceptors (Lipinski definition) is 3. The first-order valence-corrected chi connectivity index (χ1v) is 11.7. The summed E-state index contributed by atoms with van der Waals surface area (Å²) in [6, 6.07) is 27.5. The number of benzene rings is 4. The molecule has 0 aliphatic carbocycles. The van der Waals surface area contributed by atoms with Gasteiger partial charge in [0.25, 0.3) is 5.91 Å². The maximum absolute atomic E-state index is 13.0. The lowest BCUT2D eigenvalue weighted by Crippen LogP contribution is -2.18. The predicted molar refractivity (Wildman–Crippen MR) is 143 cm³/mol. The van der Waals surface area contributed by atoms with Crippen molar-refractivity contribution < 1.29 is 9.53 Å². The van der Waals surface area contributed by atoms with Crippen molar-refractivity contribution in [1.29, 1.82) is 0 Å². The SMILES string of the molecule is COc1cc2ccccc2cc1C(=O)NN=Cc1c(C)n(Cc2ccccc2Cl)c2ccccc12. The van der Waals surface area contributed by atoms with Gasteiger partial charge in [-0.25, -0.2) is 5.43 Å². The van der Waals surface area contributed by atoms with E-state index in [4.69, 9.17) is 16.3 Å². The van der Waals surface area contributed by atoms with Crippen molar-refractivity contribution in [1.82, 2.24) is 9.99 Å². The third-order valence-electron chi connectivity index (χ3n) is 6.24. The molecule has 0 spiro atoms. The highest BCUT2D eigenvalue weighted by Crippen LogP contribution is 2.28. The molecule has 5 rings (SSSR count). The zero-order valence-electron chi connectivity index (χ0n) is 19.5. The van der Waals surface area contributed by atoms with Gasteiger partial charge in [-0.3, -0.25) is 4.79 Å². The monoisotopic (exact) mass is 481 g/mol. The van der Waals surface area contributed by atoms with E-state index in [9.17, 15) is 4.79 Å². The molecule has 1 N–H and O–H groups in total. The lowest BCUT2D eigenvalue weighted by molar-refractivity contribution is 0.0952. The molecule has 1 aromatic heterocycles. The standard InChI is InChI=1S/C29H24ClN3O2/c1-19-25(23-12-6-8-14-27(23)33(19)18-22-11-5-7-13-26(22)30)17-31-32-29(34)24-15-20-9-3-4-10-21(20)16-28(24)35-2/h3-17H,18H2,1-2H3,(H,32,34). The van der Waals surface area contributed by atoms with Crippen molar-refractivity contribution in [2.24, 2.45) is 5.10 Å². The van der Waals surface area contributed by atoms with E-state index < -0.39 is 0 Å². The van der Waals surface area contributed by atoms with Crippen LogP contribution in [0.1, 0.15) is 27.2 Å². The molecule has 4 aromatic carbocycles. The van der Waals surface area contributed by atoms with Crippen LogP contribution in [0.15, 0.2) is 90.0 Å². The zero-order chi connectivity index (χ0) is 24.4. The molecule has 174 valence electrons. The molecule has 1 amide bonds. The van der Waals surface area contributed by atoms with Gasteiger partial charge in [-0.05, 0) is 47.5 Å². The molecule has 5 aromatic rings. The molecule has 0 saturated heterocycles. The van der Waals surface area contributed by atoms with Gasteiger partial charge in [0.05, 0.1) is 18.9 Å². The van der Waals surface area contributed by atoms with Crippen molar-refractivity contribution in [2.45, 2.75) is 13.5 Å². The number of nitrogens with one attached hydrogen (secondary N) is 1. The molecule has 0 atom stereocenters. The highest BCUT2D eigenvalue weighted by molar-refractivity contribution is 6.31. The summed E-state index contributed by atoms with van der Waals surface area (Å²) in [7, 11) is 1.56. The number of rotatable bonds is 6. The second-order valence-corrected chi connectivity index (χ2v) is 8.70. The Bertz CT molecular complexity index is 1590. The molecule has 0 aliphatic rings. The third-order valence-corrected chi connectivity index (χ3v) is 6.61. The van der Waals surface area contributed by atoms with Crippen LogP contribution in [0.2, 0.25) is 5.02 Å². The number of carbonyl (C=O) groups is 1. The van der Waals surface area contributed by atoms with Crippen LogP contribution in [0.4, 0.5) is 0 Å². The number of fused-ring (bicyclic) bond motifs is 2. The van der Waals surface area contributed by atoms with Crippen LogP contribution in [-0.2, 0) is 6.54 Å². The summed E-state index contributed by atoms with van der Waals surface area (Å²) in [5.74, 6) is 0.172. The van der Waals surface area contributed by atoms with Gasteiger partial charge in [0.15, 0.2) is 0 Å². The van der Waals surface area contributed by atoms with Gasteiger partial charge in [0, 0.05) is 33.7 Å². The highest BCUT2D eigenvalue weighted by atomic mass is 35.5. The van der Waals surface area contributed by atoms with Gasteiger partial charge >= 0.3 is 0 Å². The Morgan fingerprint density at radius 3 is 2.46 bits per heavy atom. The first-order chi connectivity index (χ1) is 17.1. The van der Waals surface area contributed by atoms with Gasteiger partial charge in [-0.2, -0.15) is 5.10 Å². The fourth-order valence-electron chi connectivity index (χ4n) is 4.40. The molecule has 0 saturated carbocycles. The number of hydrazone groups is 1. The summed E-state index contributed by atoms with van der Waals surface area (Å²) < 4.78 is 7.67. The number of methoxy groups -OCH3 is 1.